The monoisotopic (exact) mass is 264 g/mol. The predicted octanol–water partition coefficient (Wildman–Crippen LogP) is 2.69. The van der Waals surface area contributed by atoms with E-state index in [2.05, 4.69) is 5.32 Å². The standard InChI is InChI=1S/C11H9F5N2/c12-9-2-1-7(4-17)8(3-9)5-18-6-11(15,16)10(13)14/h1-3,10,18H,5-6H2. The normalized spacial score (nSPS) is 11.6. The molecule has 0 unspecified atom stereocenters. The fourth-order valence-electron chi connectivity index (χ4n) is 1.26. The average molecular weight is 264 g/mol. The quantitative estimate of drug-likeness (QED) is 0.830. The number of nitrogens with one attached hydrogen (secondary N) is 1. The third-order valence-corrected chi connectivity index (χ3v) is 2.18. The minimum absolute atomic E-state index is 0.101. The third kappa shape index (κ3) is 3.67. The summed E-state index contributed by atoms with van der Waals surface area (Å²) in [7, 11) is 0. The van der Waals surface area contributed by atoms with Crippen molar-refractivity contribution in [3.63, 3.8) is 0 Å². The van der Waals surface area contributed by atoms with E-state index in [1.807, 2.05) is 0 Å². The highest BCUT2D eigenvalue weighted by Crippen LogP contribution is 2.21. The Kier molecular flexibility index (Phi) is 4.62. The smallest absolute Gasteiger partial charge is 0.307 e. The van der Waals surface area contributed by atoms with E-state index in [4.69, 9.17) is 5.26 Å². The Morgan fingerprint density at radius 3 is 2.56 bits per heavy atom. The largest absolute Gasteiger partial charge is 0.319 e. The lowest BCUT2D eigenvalue weighted by Gasteiger charge is -2.16. The number of benzene rings is 1. The molecular weight excluding hydrogens is 255 g/mol. The Hall–Kier alpha value is -1.68. The van der Waals surface area contributed by atoms with Crippen molar-refractivity contribution in [2.75, 3.05) is 6.54 Å². The summed E-state index contributed by atoms with van der Waals surface area (Å²) in [6.07, 6.45) is -3.77. The summed E-state index contributed by atoms with van der Waals surface area (Å²) >= 11 is 0. The van der Waals surface area contributed by atoms with Gasteiger partial charge in [0, 0.05) is 6.54 Å². The van der Waals surface area contributed by atoms with E-state index in [0.29, 0.717) is 0 Å². The maximum Gasteiger partial charge on any atom is 0.319 e. The lowest BCUT2D eigenvalue weighted by molar-refractivity contribution is -0.125. The zero-order chi connectivity index (χ0) is 13.8. The van der Waals surface area contributed by atoms with Gasteiger partial charge in [-0.05, 0) is 23.8 Å². The Morgan fingerprint density at radius 2 is 2.00 bits per heavy atom. The average Bonchev–Trinajstić information content (AvgIpc) is 2.29. The number of halogens is 5. The molecule has 1 rings (SSSR count). The van der Waals surface area contributed by atoms with Crippen molar-refractivity contribution >= 4 is 0 Å². The maximum absolute atomic E-state index is 12.9. The van der Waals surface area contributed by atoms with Gasteiger partial charge in [-0.2, -0.15) is 14.0 Å². The summed E-state index contributed by atoms with van der Waals surface area (Å²) in [5, 5.41) is 10.8. The first-order chi connectivity index (χ1) is 8.36. The van der Waals surface area contributed by atoms with Crippen LogP contribution in [-0.4, -0.2) is 18.9 Å². The van der Waals surface area contributed by atoms with E-state index in [1.54, 1.807) is 6.07 Å². The van der Waals surface area contributed by atoms with Gasteiger partial charge in [-0.1, -0.05) is 0 Å². The van der Waals surface area contributed by atoms with E-state index in [0.717, 1.165) is 12.1 Å². The number of hydrogen-bond donors (Lipinski definition) is 1. The van der Waals surface area contributed by atoms with Crippen molar-refractivity contribution in [3.8, 4) is 6.07 Å². The molecule has 0 atom stereocenters. The summed E-state index contributed by atoms with van der Waals surface area (Å²) in [6, 6.07) is 4.99. The molecule has 1 aromatic rings. The number of nitriles is 1. The van der Waals surface area contributed by atoms with Crippen LogP contribution in [0.15, 0.2) is 18.2 Å². The minimum atomic E-state index is -4.15. The predicted molar refractivity (Wildman–Crippen MR) is 53.8 cm³/mol. The molecule has 0 aliphatic heterocycles. The number of rotatable bonds is 5. The fourth-order valence-corrected chi connectivity index (χ4v) is 1.26. The van der Waals surface area contributed by atoms with Gasteiger partial charge in [-0.25, -0.2) is 13.2 Å². The van der Waals surface area contributed by atoms with Gasteiger partial charge in [0.25, 0.3) is 0 Å². The molecular formula is C11H9F5N2. The SMILES string of the molecule is N#Cc1ccc(F)cc1CNCC(F)(F)C(F)F. The molecule has 18 heavy (non-hydrogen) atoms. The van der Waals surface area contributed by atoms with Gasteiger partial charge in [-0.15, -0.1) is 0 Å². The molecule has 0 saturated heterocycles. The summed E-state index contributed by atoms with van der Waals surface area (Å²) < 4.78 is 61.7. The lowest BCUT2D eigenvalue weighted by Crippen LogP contribution is -2.38. The number of hydrogen-bond acceptors (Lipinski definition) is 2. The van der Waals surface area contributed by atoms with Gasteiger partial charge in [0.15, 0.2) is 0 Å². The summed E-state index contributed by atoms with van der Waals surface area (Å²) in [5.74, 6) is -4.79. The second-order valence-corrected chi connectivity index (χ2v) is 3.58. The Morgan fingerprint density at radius 1 is 1.33 bits per heavy atom. The molecule has 0 aliphatic carbocycles. The second-order valence-electron chi connectivity index (χ2n) is 3.58. The van der Waals surface area contributed by atoms with Gasteiger partial charge in [0.05, 0.1) is 18.2 Å². The van der Waals surface area contributed by atoms with Crippen LogP contribution in [0.1, 0.15) is 11.1 Å². The van der Waals surface area contributed by atoms with Crippen LogP contribution in [0.3, 0.4) is 0 Å². The summed E-state index contributed by atoms with van der Waals surface area (Å²) in [4.78, 5) is 0. The highest BCUT2D eigenvalue weighted by Gasteiger charge is 2.39. The first-order valence-electron chi connectivity index (χ1n) is 4.92. The van der Waals surface area contributed by atoms with Crippen LogP contribution < -0.4 is 5.32 Å². The molecule has 98 valence electrons. The van der Waals surface area contributed by atoms with Crippen LogP contribution in [0.25, 0.3) is 0 Å². The van der Waals surface area contributed by atoms with Crippen molar-refractivity contribution < 1.29 is 22.0 Å². The van der Waals surface area contributed by atoms with Crippen LogP contribution in [0, 0.1) is 17.1 Å². The van der Waals surface area contributed by atoms with E-state index in [9.17, 15) is 22.0 Å². The molecule has 0 aliphatic rings. The molecule has 7 heteroatoms. The van der Waals surface area contributed by atoms with Crippen molar-refractivity contribution in [2.45, 2.75) is 18.9 Å². The summed E-state index contributed by atoms with van der Waals surface area (Å²) in [5.41, 5.74) is 0.242. The number of nitrogens with zero attached hydrogens (tertiary/aromatic N) is 1. The van der Waals surface area contributed by atoms with Crippen molar-refractivity contribution in [1.82, 2.24) is 5.32 Å². The minimum Gasteiger partial charge on any atom is -0.307 e. The molecule has 0 bridgehead atoms. The maximum atomic E-state index is 12.9. The van der Waals surface area contributed by atoms with E-state index < -0.39 is 24.7 Å². The van der Waals surface area contributed by atoms with Crippen LogP contribution in [0.2, 0.25) is 0 Å². The van der Waals surface area contributed by atoms with Gasteiger partial charge < -0.3 is 5.32 Å². The topological polar surface area (TPSA) is 35.8 Å². The van der Waals surface area contributed by atoms with Crippen LogP contribution in [0.5, 0.6) is 0 Å². The molecule has 0 saturated carbocycles. The summed E-state index contributed by atoms with van der Waals surface area (Å²) in [6.45, 7) is -1.53. The van der Waals surface area contributed by atoms with Crippen molar-refractivity contribution in [3.05, 3.63) is 35.1 Å². The van der Waals surface area contributed by atoms with Crippen LogP contribution in [-0.2, 0) is 6.54 Å². The van der Waals surface area contributed by atoms with Crippen molar-refractivity contribution in [2.24, 2.45) is 0 Å². The number of alkyl halides is 4. The zero-order valence-corrected chi connectivity index (χ0v) is 9.06. The van der Waals surface area contributed by atoms with E-state index >= 15 is 0 Å². The molecule has 1 N–H and O–H groups in total. The van der Waals surface area contributed by atoms with Crippen LogP contribution >= 0.6 is 0 Å². The molecule has 0 spiro atoms. The Labute approximate surface area is 100 Å². The molecule has 2 nitrogen and oxygen atoms in total. The molecule has 0 radical (unpaired) electrons. The Bertz CT molecular complexity index is 453. The first-order valence-corrected chi connectivity index (χ1v) is 4.92. The zero-order valence-electron chi connectivity index (χ0n) is 9.06. The fraction of sp³-hybridized carbons (Fsp3) is 0.364. The molecule has 0 amide bonds. The highest BCUT2D eigenvalue weighted by molar-refractivity contribution is 5.37. The van der Waals surface area contributed by atoms with Gasteiger partial charge in [0.1, 0.15) is 5.82 Å². The Balaban J connectivity index is 2.65. The third-order valence-electron chi connectivity index (χ3n) is 2.18. The lowest BCUT2D eigenvalue weighted by atomic mass is 10.1. The molecule has 0 aromatic heterocycles. The van der Waals surface area contributed by atoms with Gasteiger partial charge >= 0.3 is 12.3 Å². The van der Waals surface area contributed by atoms with Gasteiger partial charge in [0.2, 0.25) is 0 Å². The highest BCUT2D eigenvalue weighted by atomic mass is 19.3. The van der Waals surface area contributed by atoms with Crippen molar-refractivity contribution in [1.29, 1.82) is 5.26 Å². The first kappa shape index (κ1) is 14.4. The molecule has 0 fully saturated rings. The van der Waals surface area contributed by atoms with Gasteiger partial charge in [-0.3, -0.25) is 0 Å². The molecule has 1 aromatic carbocycles. The van der Waals surface area contributed by atoms with E-state index in [-0.39, 0.29) is 17.7 Å². The van der Waals surface area contributed by atoms with E-state index in [1.165, 1.54) is 6.07 Å². The van der Waals surface area contributed by atoms with Crippen LogP contribution in [0.4, 0.5) is 22.0 Å². The molecule has 0 heterocycles. The second kappa shape index (κ2) is 5.78.